The fourth-order valence-electron chi connectivity index (χ4n) is 0.303. The molecule has 0 aromatic rings. The van der Waals surface area contributed by atoms with Crippen LogP contribution in [-0.2, 0) is 9.47 Å². The normalized spacial score (nSPS) is 12.4. The third-order valence-corrected chi connectivity index (χ3v) is 0.804. The van der Waals surface area contributed by atoms with Gasteiger partial charge in [0.15, 0.2) is 0 Å². The summed E-state index contributed by atoms with van der Waals surface area (Å²) in [5, 5.41) is 0. The minimum Gasteiger partial charge on any atom is -0.382 e. The zero-order valence-electron chi connectivity index (χ0n) is 5.60. The maximum Gasteiger partial charge on any atom is 0.0776 e. The summed E-state index contributed by atoms with van der Waals surface area (Å²) in [6.07, 6.45) is 0.227. The predicted molar refractivity (Wildman–Crippen MR) is 28.3 cm³/mol. The summed E-state index contributed by atoms with van der Waals surface area (Å²) in [5.74, 6) is 0. The Morgan fingerprint density at radius 1 is 1.38 bits per heavy atom. The van der Waals surface area contributed by atoms with Gasteiger partial charge in [-0.2, -0.15) is 0 Å². The van der Waals surface area contributed by atoms with Crippen LogP contribution in [0.2, 0.25) is 0 Å². The van der Waals surface area contributed by atoms with Gasteiger partial charge in [-0.3, -0.25) is 0 Å². The van der Waals surface area contributed by atoms with Crippen molar-refractivity contribution in [2.45, 2.75) is 13.0 Å². The van der Waals surface area contributed by atoms with Crippen molar-refractivity contribution in [3.8, 4) is 0 Å². The molecular weight excluding hydrogens is 232 g/mol. The minimum atomic E-state index is 0. The fraction of sp³-hybridized carbons (Fsp3) is 1.00. The molecule has 3 heteroatoms. The van der Waals surface area contributed by atoms with E-state index < -0.39 is 0 Å². The van der Waals surface area contributed by atoms with Gasteiger partial charge in [-0.1, -0.05) is 0 Å². The van der Waals surface area contributed by atoms with Crippen molar-refractivity contribution in [1.82, 2.24) is 0 Å². The zero-order valence-corrected chi connectivity index (χ0v) is 8.74. The van der Waals surface area contributed by atoms with E-state index in [0.29, 0.717) is 6.61 Å². The van der Waals surface area contributed by atoms with Crippen LogP contribution >= 0.6 is 0 Å². The molecule has 0 aliphatic heterocycles. The van der Waals surface area contributed by atoms with E-state index in [1.807, 2.05) is 6.92 Å². The van der Waals surface area contributed by atoms with E-state index in [9.17, 15) is 0 Å². The molecule has 2 nitrogen and oxygen atoms in total. The van der Waals surface area contributed by atoms with Crippen LogP contribution in [0.25, 0.3) is 0 Å². The molecule has 0 fully saturated rings. The zero-order chi connectivity index (χ0) is 5.70. The van der Waals surface area contributed by atoms with Gasteiger partial charge in [0, 0.05) is 56.0 Å². The van der Waals surface area contributed by atoms with Crippen molar-refractivity contribution in [1.29, 1.82) is 0 Å². The first kappa shape index (κ1) is 12.0. The predicted octanol–water partition coefficient (Wildman–Crippen LogP) is 0.668. The van der Waals surface area contributed by atoms with Crippen LogP contribution in [0, 0.1) is 41.7 Å². The van der Waals surface area contributed by atoms with Gasteiger partial charge >= 0.3 is 0 Å². The molecule has 0 N–H and O–H groups in total. The fourth-order valence-corrected chi connectivity index (χ4v) is 0.303. The Morgan fingerprint density at radius 2 is 1.88 bits per heavy atom. The van der Waals surface area contributed by atoms with Crippen LogP contribution in [0.1, 0.15) is 6.92 Å². The molecule has 0 aromatic heterocycles. The molecule has 0 saturated heterocycles. The van der Waals surface area contributed by atoms with E-state index >= 15 is 0 Å². The van der Waals surface area contributed by atoms with Gasteiger partial charge in [-0.05, 0) is 6.92 Å². The van der Waals surface area contributed by atoms with Gasteiger partial charge in [-0.25, -0.2) is 0 Å². The second-order valence-corrected chi connectivity index (χ2v) is 1.50. The van der Waals surface area contributed by atoms with E-state index in [1.165, 1.54) is 0 Å². The first-order chi connectivity index (χ1) is 3.31. The van der Waals surface area contributed by atoms with Crippen LogP contribution in [0.4, 0.5) is 0 Å². The van der Waals surface area contributed by atoms with Gasteiger partial charge in [0.1, 0.15) is 0 Å². The van der Waals surface area contributed by atoms with Crippen molar-refractivity contribution in [3.05, 3.63) is 0 Å². The maximum atomic E-state index is 4.87. The molecule has 1 atom stereocenters. The van der Waals surface area contributed by atoms with Crippen LogP contribution in [-0.4, -0.2) is 26.9 Å². The van der Waals surface area contributed by atoms with E-state index in [0.717, 1.165) is 0 Å². The monoisotopic (exact) mass is 244 g/mol. The standard InChI is InChI=1S/C5H12O2.Ce/c1-5(7-3)4-6-2;/h5H,4H2,1-3H3;. The number of methoxy groups -OCH3 is 2. The van der Waals surface area contributed by atoms with E-state index in [1.54, 1.807) is 14.2 Å². The molecule has 0 aromatic carbocycles. The van der Waals surface area contributed by atoms with Crippen molar-refractivity contribution in [3.63, 3.8) is 0 Å². The summed E-state index contributed by atoms with van der Waals surface area (Å²) in [6, 6.07) is 0. The van der Waals surface area contributed by atoms with Crippen LogP contribution in [0.15, 0.2) is 0 Å². The Morgan fingerprint density at radius 3 is 2.00 bits per heavy atom. The molecule has 48 valence electrons. The largest absolute Gasteiger partial charge is 0.382 e. The molecule has 0 radical (unpaired) electrons. The van der Waals surface area contributed by atoms with E-state index in [-0.39, 0.29) is 47.9 Å². The molecule has 0 amide bonds. The number of rotatable bonds is 3. The van der Waals surface area contributed by atoms with Crippen molar-refractivity contribution in [2.24, 2.45) is 0 Å². The molecule has 0 heterocycles. The quantitative estimate of drug-likeness (QED) is 0.726. The summed E-state index contributed by atoms with van der Waals surface area (Å²) in [6.45, 7) is 2.64. The Balaban J connectivity index is 0. The maximum absolute atomic E-state index is 4.87. The average molecular weight is 244 g/mol. The summed E-state index contributed by atoms with van der Waals surface area (Å²) < 4.78 is 9.64. The second kappa shape index (κ2) is 8.30. The summed E-state index contributed by atoms with van der Waals surface area (Å²) in [7, 11) is 3.33. The summed E-state index contributed by atoms with van der Waals surface area (Å²) >= 11 is 0. The van der Waals surface area contributed by atoms with Crippen molar-refractivity contribution >= 4 is 0 Å². The van der Waals surface area contributed by atoms with Crippen molar-refractivity contribution < 1.29 is 51.2 Å². The first-order valence-corrected chi connectivity index (χ1v) is 2.33. The van der Waals surface area contributed by atoms with Gasteiger partial charge in [-0.15, -0.1) is 0 Å². The smallest absolute Gasteiger partial charge is 0.0776 e. The Bertz CT molecular complexity index is 41.4. The van der Waals surface area contributed by atoms with Crippen LogP contribution in [0.3, 0.4) is 0 Å². The molecule has 0 spiro atoms. The number of hydrogen-bond acceptors (Lipinski definition) is 2. The van der Waals surface area contributed by atoms with E-state index in [4.69, 9.17) is 9.47 Å². The molecular formula is C5H12CeO2. The Labute approximate surface area is 84.3 Å². The van der Waals surface area contributed by atoms with Gasteiger partial charge in [0.2, 0.25) is 0 Å². The molecule has 0 saturated carbocycles. The molecule has 0 aliphatic carbocycles. The molecule has 1 unspecified atom stereocenters. The Hall–Kier alpha value is 1.30. The van der Waals surface area contributed by atoms with Gasteiger partial charge in [0.05, 0.1) is 12.7 Å². The topological polar surface area (TPSA) is 18.5 Å². The van der Waals surface area contributed by atoms with Crippen molar-refractivity contribution in [2.75, 3.05) is 20.8 Å². The van der Waals surface area contributed by atoms with E-state index in [2.05, 4.69) is 0 Å². The molecule has 0 bridgehead atoms. The first-order valence-electron chi connectivity index (χ1n) is 2.33. The number of ether oxygens (including phenoxy) is 2. The molecule has 8 heavy (non-hydrogen) atoms. The Kier molecular flexibility index (Phi) is 12.5. The molecule has 0 rings (SSSR count). The third-order valence-electron chi connectivity index (χ3n) is 0.804. The van der Waals surface area contributed by atoms with Gasteiger partial charge in [0.25, 0.3) is 0 Å². The SMILES string of the molecule is COCC(C)OC.[Ce]. The van der Waals surface area contributed by atoms with Crippen LogP contribution < -0.4 is 0 Å². The second-order valence-electron chi connectivity index (χ2n) is 1.50. The summed E-state index contributed by atoms with van der Waals surface area (Å²) in [4.78, 5) is 0. The third kappa shape index (κ3) is 7.30. The summed E-state index contributed by atoms with van der Waals surface area (Å²) in [5.41, 5.74) is 0. The van der Waals surface area contributed by atoms with Crippen LogP contribution in [0.5, 0.6) is 0 Å². The minimum absolute atomic E-state index is 0. The number of hydrogen-bond donors (Lipinski definition) is 0. The average Bonchev–Trinajstić information content (AvgIpc) is 1.68. The molecule has 0 aliphatic rings. The van der Waals surface area contributed by atoms with Gasteiger partial charge < -0.3 is 9.47 Å².